The first kappa shape index (κ1) is 20.2. The summed E-state index contributed by atoms with van der Waals surface area (Å²) in [5, 5.41) is 9.21. The Morgan fingerprint density at radius 3 is 2.68 bits per heavy atom. The molecule has 2 heterocycles. The number of nitrogens with one attached hydrogen (secondary N) is 2. The van der Waals surface area contributed by atoms with E-state index in [9.17, 15) is 0 Å². The van der Waals surface area contributed by atoms with Crippen LogP contribution in [0.3, 0.4) is 0 Å². The van der Waals surface area contributed by atoms with E-state index in [-0.39, 0.29) is 0 Å². The lowest BCUT2D eigenvalue weighted by molar-refractivity contribution is 0.206. The summed E-state index contributed by atoms with van der Waals surface area (Å²) in [6.07, 6.45) is 3.65. The highest BCUT2D eigenvalue weighted by Crippen LogP contribution is 2.23. The Morgan fingerprint density at radius 2 is 2.12 bits per heavy atom. The van der Waals surface area contributed by atoms with E-state index in [0.717, 1.165) is 19.0 Å². The Kier molecular flexibility index (Phi) is 8.72. The molecule has 2 rings (SSSR count). The van der Waals surface area contributed by atoms with Crippen LogP contribution in [0.25, 0.3) is 0 Å². The second-order valence-corrected chi connectivity index (χ2v) is 7.95. The van der Waals surface area contributed by atoms with Gasteiger partial charge in [-0.3, -0.25) is 4.99 Å². The summed E-state index contributed by atoms with van der Waals surface area (Å²) >= 11 is 1.81. The predicted molar refractivity (Wildman–Crippen MR) is 110 cm³/mol. The number of aliphatic imine (C=N–C) groups is 1. The van der Waals surface area contributed by atoms with Crippen molar-refractivity contribution < 1.29 is 0 Å². The number of guanidine groups is 1. The van der Waals surface area contributed by atoms with Gasteiger partial charge >= 0.3 is 0 Å². The quantitative estimate of drug-likeness (QED) is 0.549. The molecule has 1 aliphatic heterocycles. The Morgan fingerprint density at radius 1 is 1.36 bits per heavy atom. The van der Waals surface area contributed by atoms with Crippen LogP contribution < -0.4 is 10.6 Å². The van der Waals surface area contributed by atoms with Crippen molar-refractivity contribution in [1.82, 2.24) is 20.4 Å². The maximum Gasteiger partial charge on any atom is 0.191 e. The van der Waals surface area contributed by atoms with Crippen molar-refractivity contribution in [3.05, 3.63) is 22.4 Å². The molecule has 5 nitrogen and oxygen atoms in total. The first-order valence-corrected chi connectivity index (χ1v) is 10.5. The normalized spacial score (nSPS) is 18.5. The van der Waals surface area contributed by atoms with Gasteiger partial charge in [0.1, 0.15) is 0 Å². The third kappa shape index (κ3) is 6.60. The maximum atomic E-state index is 4.89. The van der Waals surface area contributed by atoms with E-state index in [1.165, 1.54) is 43.8 Å². The average Bonchev–Trinajstić information content (AvgIpc) is 3.11. The van der Waals surface area contributed by atoms with Crippen molar-refractivity contribution in [3.63, 3.8) is 0 Å². The lowest BCUT2D eigenvalue weighted by atomic mass is 10.1. The van der Waals surface area contributed by atoms with Crippen LogP contribution in [0.2, 0.25) is 0 Å². The number of hydrogen-bond acceptors (Lipinski definition) is 4. The smallest absolute Gasteiger partial charge is 0.191 e. The molecule has 1 atom stereocenters. The van der Waals surface area contributed by atoms with E-state index in [2.05, 4.69) is 65.9 Å². The first-order valence-electron chi connectivity index (χ1n) is 9.61. The minimum atomic E-state index is 0.335. The van der Waals surface area contributed by atoms with Crippen molar-refractivity contribution in [2.45, 2.75) is 45.2 Å². The van der Waals surface area contributed by atoms with Crippen molar-refractivity contribution in [3.8, 4) is 0 Å². The molecular weight excluding hydrogens is 330 g/mol. The third-order valence-electron chi connectivity index (χ3n) is 4.73. The molecule has 0 bridgehead atoms. The van der Waals surface area contributed by atoms with Gasteiger partial charge in [0, 0.05) is 30.6 Å². The molecule has 0 aliphatic carbocycles. The van der Waals surface area contributed by atoms with Gasteiger partial charge in [-0.15, -0.1) is 11.3 Å². The molecule has 0 radical (unpaired) electrons. The second kappa shape index (κ2) is 10.8. The summed E-state index contributed by atoms with van der Waals surface area (Å²) < 4.78 is 0. The van der Waals surface area contributed by atoms with Gasteiger partial charge in [0.05, 0.1) is 12.6 Å². The SMILES string of the molecule is CCCN1CCC(NC(=NCC(c2cccs2)N(C)C)NCC)CC1. The number of thiophene rings is 1. The van der Waals surface area contributed by atoms with Crippen LogP contribution in [0.1, 0.15) is 44.0 Å². The van der Waals surface area contributed by atoms with Crippen LogP contribution in [-0.4, -0.2) is 68.6 Å². The molecule has 142 valence electrons. The Labute approximate surface area is 157 Å². The second-order valence-electron chi connectivity index (χ2n) is 6.97. The largest absolute Gasteiger partial charge is 0.357 e. The van der Waals surface area contributed by atoms with E-state index in [1.807, 2.05) is 11.3 Å². The summed E-state index contributed by atoms with van der Waals surface area (Å²) in [7, 11) is 4.26. The summed E-state index contributed by atoms with van der Waals surface area (Å²) in [5.74, 6) is 0.958. The first-order chi connectivity index (χ1) is 12.1. The number of nitrogens with zero attached hydrogens (tertiary/aromatic N) is 3. The highest BCUT2D eigenvalue weighted by atomic mass is 32.1. The number of piperidine rings is 1. The molecule has 0 saturated carbocycles. The van der Waals surface area contributed by atoms with Crippen molar-refractivity contribution >= 4 is 17.3 Å². The lowest BCUT2D eigenvalue weighted by Gasteiger charge is -2.33. The van der Waals surface area contributed by atoms with Gasteiger partial charge < -0.3 is 20.4 Å². The van der Waals surface area contributed by atoms with Gasteiger partial charge in [-0.05, 0) is 58.3 Å². The maximum absolute atomic E-state index is 4.89. The fraction of sp³-hybridized carbons (Fsp3) is 0.737. The van der Waals surface area contributed by atoms with E-state index >= 15 is 0 Å². The summed E-state index contributed by atoms with van der Waals surface area (Å²) in [6.45, 7) is 9.68. The molecule has 1 aromatic heterocycles. The molecule has 1 aromatic rings. The van der Waals surface area contributed by atoms with Gasteiger partial charge in [-0.1, -0.05) is 13.0 Å². The number of likely N-dealkylation sites (tertiary alicyclic amines) is 1. The molecule has 1 saturated heterocycles. The zero-order chi connectivity index (χ0) is 18.1. The zero-order valence-electron chi connectivity index (χ0n) is 16.3. The molecule has 0 spiro atoms. The van der Waals surface area contributed by atoms with Gasteiger partial charge in [0.2, 0.25) is 0 Å². The van der Waals surface area contributed by atoms with E-state index in [0.29, 0.717) is 12.1 Å². The molecule has 0 aromatic carbocycles. The fourth-order valence-corrected chi connectivity index (χ4v) is 4.21. The van der Waals surface area contributed by atoms with Gasteiger partial charge in [0.25, 0.3) is 0 Å². The highest BCUT2D eigenvalue weighted by Gasteiger charge is 2.20. The van der Waals surface area contributed by atoms with Crippen LogP contribution in [-0.2, 0) is 0 Å². The standard InChI is InChI=1S/C19H35N5S/c1-5-11-24-12-9-16(10-13-24)22-19(20-6-2)21-15-17(23(3)4)18-8-7-14-25-18/h7-8,14,16-17H,5-6,9-13,15H2,1-4H3,(H2,20,21,22). The van der Waals surface area contributed by atoms with E-state index < -0.39 is 0 Å². The van der Waals surface area contributed by atoms with E-state index in [4.69, 9.17) is 4.99 Å². The Hall–Kier alpha value is -1.11. The van der Waals surface area contributed by atoms with Gasteiger partial charge in [-0.2, -0.15) is 0 Å². The minimum absolute atomic E-state index is 0.335. The number of rotatable bonds is 8. The van der Waals surface area contributed by atoms with Crippen LogP contribution >= 0.6 is 11.3 Å². The zero-order valence-corrected chi connectivity index (χ0v) is 17.1. The molecule has 1 aliphatic rings. The molecule has 2 N–H and O–H groups in total. The van der Waals surface area contributed by atoms with E-state index in [1.54, 1.807) is 0 Å². The minimum Gasteiger partial charge on any atom is -0.357 e. The van der Waals surface area contributed by atoms with Crippen LogP contribution in [0.15, 0.2) is 22.5 Å². The summed E-state index contributed by atoms with van der Waals surface area (Å²) in [4.78, 5) is 11.1. The number of hydrogen-bond donors (Lipinski definition) is 2. The lowest BCUT2D eigenvalue weighted by Crippen LogP contribution is -2.49. The van der Waals surface area contributed by atoms with Crippen molar-refractivity contribution in [2.75, 3.05) is 46.8 Å². The molecule has 1 fully saturated rings. The van der Waals surface area contributed by atoms with Gasteiger partial charge in [-0.25, -0.2) is 0 Å². The van der Waals surface area contributed by atoms with Crippen LogP contribution in [0, 0.1) is 0 Å². The summed E-state index contributed by atoms with van der Waals surface area (Å²) in [6, 6.07) is 5.19. The predicted octanol–water partition coefficient (Wildman–Crippen LogP) is 2.78. The Balaban J connectivity index is 1.91. The van der Waals surface area contributed by atoms with Crippen molar-refractivity contribution in [1.29, 1.82) is 0 Å². The molecular formula is C19H35N5S. The molecule has 0 amide bonds. The van der Waals surface area contributed by atoms with Crippen molar-refractivity contribution in [2.24, 2.45) is 4.99 Å². The van der Waals surface area contributed by atoms with Gasteiger partial charge in [0.15, 0.2) is 5.96 Å². The molecule has 25 heavy (non-hydrogen) atoms. The molecule has 1 unspecified atom stereocenters. The average molecular weight is 366 g/mol. The van der Waals surface area contributed by atoms with Crippen LogP contribution in [0.5, 0.6) is 0 Å². The summed E-state index contributed by atoms with van der Waals surface area (Å²) in [5.41, 5.74) is 0. The highest BCUT2D eigenvalue weighted by molar-refractivity contribution is 7.10. The fourth-order valence-electron chi connectivity index (χ4n) is 3.30. The third-order valence-corrected chi connectivity index (χ3v) is 5.70. The molecule has 6 heteroatoms. The number of likely N-dealkylation sites (N-methyl/N-ethyl adjacent to an activating group) is 1. The monoisotopic (exact) mass is 365 g/mol. The Bertz CT molecular complexity index is 492. The van der Waals surface area contributed by atoms with Crippen LogP contribution in [0.4, 0.5) is 0 Å². The topological polar surface area (TPSA) is 42.9 Å².